The Hall–Kier alpha value is -3.06. The van der Waals surface area contributed by atoms with Gasteiger partial charge in [-0.25, -0.2) is 4.39 Å². The lowest BCUT2D eigenvalue weighted by Gasteiger charge is -2.33. The summed E-state index contributed by atoms with van der Waals surface area (Å²) in [4.78, 5) is 21.3. The lowest BCUT2D eigenvalue weighted by molar-refractivity contribution is -0.137. The van der Waals surface area contributed by atoms with Crippen molar-refractivity contribution in [3.8, 4) is 11.4 Å². The van der Waals surface area contributed by atoms with Gasteiger partial charge in [-0.1, -0.05) is 47.6 Å². The van der Waals surface area contributed by atoms with Crippen LogP contribution in [-0.4, -0.2) is 46.0 Å². The fourth-order valence-electron chi connectivity index (χ4n) is 3.86. The molecule has 7 heteroatoms. The molecular formula is C23H25FN4O2. The highest BCUT2D eigenvalue weighted by Gasteiger charge is 2.28. The summed E-state index contributed by atoms with van der Waals surface area (Å²) in [5.74, 6) is 0.723. The molecule has 0 saturated carbocycles. The summed E-state index contributed by atoms with van der Waals surface area (Å²) >= 11 is 0. The van der Waals surface area contributed by atoms with Crippen LogP contribution in [0.2, 0.25) is 0 Å². The molecule has 3 aromatic rings. The summed E-state index contributed by atoms with van der Waals surface area (Å²) in [5, 5.41) is 4.02. The van der Waals surface area contributed by atoms with Crippen LogP contribution in [0.5, 0.6) is 0 Å². The molecule has 1 saturated heterocycles. The van der Waals surface area contributed by atoms with Crippen molar-refractivity contribution in [3.63, 3.8) is 0 Å². The van der Waals surface area contributed by atoms with Gasteiger partial charge in [0.05, 0.1) is 12.5 Å². The monoisotopic (exact) mass is 408 g/mol. The number of hydrogen-bond acceptors (Lipinski definition) is 5. The summed E-state index contributed by atoms with van der Waals surface area (Å²) in [6, 6.07) is 16.2. The summed E-state index contributed by atoms with van der Waals surface area (Å²) in [6.07, 6.45) is 1.83. The van der Waals surface area contributed by atoms with Gasteiger partial charge < -0.3 is 9.42 Å². The zero-order chi connectivity index (χ0) is 20.9. The molecule has 1 aliphatic heterocycles. The number of carbonyl (C=O) groups is 1. The number of carbonyl (C=O) groups excluding carboxylic acids is 1. The molecule has 1 atom stereocenters. The van der Waals surface area contributed by atoms with Gasteiger partial charge in [-0.05, 0) is 37.1 Å². The van der Waals surface area contributed by atoms with Crippen molar-refractivity contribution in [1.29, 1.82) is 0 Å². The van der Waals surface area contributed by atoms with Crippen LogP contribution in [-0.2, 0) is 17.9 Å². The third-order valence-corrected chi connectivity index (χ3v) is 5.42. The molecule has 2 aromatic carbocycles. The second-order valence-corrected chi connectivity index (χ2v) is 7.77. The minimum atomic E-state index is -0.233. The molecule has 0 unspecified atom stereocenters. The molecule has 0 bridgehead atoms. The number of rotatable bonds is 6. The van der Waals surface area contributed by atoms with Gasteiger partial charge in [0.15, 0.2) is 0 Å². The lowest BCUT2D eigenvalue weighted by atomic mass is 9.96. The first-order chi connectivity index (χ1) is 14.6. The molecule has 156 valence electrons. The Balaban J connectivity index is 1.34. The third-order valence-electron chi connectivity index (χ3n) is 5.42. The fourth-order valence-corrected chi connectivity index (χ4v) is 3.86. The number of piperidine rings is 1. The van der Waals surface area contributed by atoms with E-state index in [-0.39, 0.29) is 24.2 Å². The van der Waals surface area contributed by atoms with Gasteiger partial charge in [0.2, 0.25) is 17.6 Å². The van der Waals surface area contributed by atoms with E-state index < -0.39 is 0 Å². The van der Waals surface area contributed by atoms with Crippen LogP contribution < -0.4 is 0 Å². The fraction of sp³-hybridized carbons (Fsp3) is 0.348. The van der Waals surface area contributed by atoms with E-state index in [1.165, 1.54) is 12.1 Å². The van der Waals surface area contributed by atoms with Gasteiger partial charge in [0, 0.05) is 25.7 Å². The van der Waals surface area contributed by atoms with Gasteiger partial charge in [-0.15, -0.1) is 0 Å². The Kier molecular flexibility index (Phi) is 6.18. The zero-order valence-electron chi connectivity index (χ0n) is 17.0. The Morgan fingerprint density at radius 2 is 1.97 bits per heavy atom. The van der Waals surface area contributed by atoms with Crippen LogP contribution in [0.4, 0.5) is 4.39 Å². The van der Waals surface area contributed by atoms with Gasteiger partial charge in [-0.3, -0.25) is 9.69 Å². The number of hydrogen-bond donors (Lipinski definition) is 0. The summed E-state index contributed by atoms with van der Waals surface area (Å²) in [6.45, 7) is 2.64. The average molecular weight is 408 g/mol. The predicted molar refractivity (Wildman–Crippen MR) is 111 cm³/mol. The van der Waals surface area contributed by atoms with Crippen molar-refractivity contribution < 1.29 is 13.7 Å². The molecule has 1 fully saturated rings. The first-order valence-corrected chi connectivity index (χ1v) is 10.2. The minimum absolute atomic E-state index is 0.0688. The number of aromatic nitrogens is 2. The highest BCUT2D eigenvalue weighted by atomic mass is 19.1. The van der Waals surface area contributed by atoms with E-state index >= 15 is 0 Å². The van der Waals surface area contributed by atoms with Crippen molar-refractivity contribution >= 4 is 5.91 Å². The largest absolute Gasteiger partial charge is 0.337 e. The Morgan fingerprint density at radius 1 is 1.20 bits per heavy atom. The third kappa shape index (κ3) is 4.91. The van der Waals surface area contributed by atoms with Crippen LogP contribution in [0.3, 0.4) is 0 Å². The van der Waals surface area contributed by atoms with Crippen LogP contribution in [0.15, 0.2) is 59.1 Å². The second kappa shape index (κ2) is 9.17. The molecule has 2 heterocycles. The number of nitrogens with zero attached hydrogens (tertiary/aromatic N) is 4. The van der Waals surface area contributed by atoms with Crippen molar-refractivity contribution in [2.75, 3.05) is 20.1 Å². The maximum atomic E-state index is 13.1. The highest BCUT2D eigenvalue weighted by Crippen LogP contribution is 2.22. The number of likely N-dealkylation sites (tertiary alicyclic amines) is 1. The molecule has 0 radical (unpaired) electrons. The first kappa shape index (κ1) is 20.2. The van der Waals surface area contributed by atoms with Crippen molar-refractivity contribution in [3.05, 3.63) is 71.9 Å². The van der Waals surface area contributed by atoms with Crippen molar-refractivity contribution in [1.82, 2.24) is 19.9 Å². The molecule has 0 N–H and O–H groups in total. The Morgan fingerprint density at radius 3 is 2.73 bits per heavy atom. The maximum absolute atomic E-state index is 13.1. The Labute approximate surface area is 175 Å². The lowest BCUT2D eigenvalue weighted by Crippen LogP contribution is -2.43. The van der Waals surface area contributed by atoms with Gasteiger partial charge in [0.25, 0.3) is 0 Å². The minimum Gasteiger partial charge on any atom is -0.337 e. The van der Waals surface area contributed by atoms with Crippen molar-refractivity contribution in [2.24, 2.45) is 5.92 Å². The molecule has 0 aliphatic carbocycles. The van der Waals surface area contributed by atoms with E-state index in [1.54, 1.807) is 24.1 Å². The van der Waals surface area contributed by atoms with E-state index in [2.05, 4.69) is 15.0 Å². The topological polar surface area (TPSA) is 62.5 Å². The molecular weight excluding hydrogens is 383 g/mol. The van der Waals surface area contributed by atoms with Crippen LogP contribution in [0.1, 0.15) is 24.3 Å². The van der Waals surface area contributed by atoms with E-state index in [0.717, 1.165) is 37.1 Å². The first-order valence-electron chi connectivity index (χ1n) is 10.2. The van der Waals surface area contributed by atoms with Crippen LogP contribution >= 0.6 is 0 Å². The van der Waals surface area contributed by atoms with E-state index in [1.807, 2.05) is 30.3 Å². The number of benzene rings is 2. The average Bonchev–Trinajstić information content (AvgIpc) is 3.24. The standard InChI is InChI=1S/C23H25FN4O2/c1-27(16-21-25-22(26-30-21)18-6-3-2-4-7-18)23(29)19-8-5-13-28(15-19)14-17-9-11-20(24)12-10-17/h2-4,6-7,9-12,19H,5,8,13-16H2,1H3/t19-/m0/s1. The van der Waals surface area contributed by atoms with E-state index in [9.17, 15) is 9.18 Å². The van der Waals surface area contributed by atoms with Gasteiger partial charge in [0.1, 0.15) is 5.82 Å². The quantitative estimate of drug-likeness (QED) is 0.622. The smallest absolute Gasteiger partial charge is 0.246 e. The van der Waals surface area contributed by atoms with Gasteiger partial charge in [-0.2, -0.15) is 4.98 Å². The van der Waals surface area contributed by atoms with E-state index in [4.69, 9.17) is 4.52 Å². The van der Waals surface area contributed by atoms with Gasteiger partial charge >= 0.3 is 0 Å². The number of amides is 1. The normalized spacial score (nSPS) is 17.1. The molecule has 1 amide bonds. The summed E-state index contributed by atoms with van der Waals surface area (Å²) in [7, 11) is 1.77. The Bertz CT molecular complexity index is 974. The van der Waals surface area contributed by atoms with Crippen LogP contribution in [0, 0.1) is 11.7 Å². The molecule has 4 rings (SSSR count). The maximum Gasteiger partial charge on any atom is 0.246 e. The molecule has 30 heavy (non-hydrogen) atoms. The summed E-state index contributed by atoms with van der Waals surface area (Å²) in [5.41, 5.74) is 1.93. The zero-order valence-corrected chi connectivity index (χ0v) is 17.0. The molecule has 1 aliphatic rings. The SMILES string of the molecule is CN(Cc1nc(-c2ccccc2)no1)C(=O)[C@H]1CCCN(Cc2ccc(F)cc2)C1. The second-order valence-electron chi connectivity index (χ2n) is 7.77. The molecule has 1 aromatic heterocycles. The van der Waals surface area contributed by atoms with Crippen molar-refractivity contribution in [2.45, 2.75) is 25.9 Å². The molecule has 0 spiro atoms. The number of halogens is 1. The van der Waals surface area contributed by atoms with Crippen LogP contribution in [0.25, 0.3) is 11.4 Å². The predicted octanol–water partition coefficient (Wildman–Crippen LogP) is 3.75. The summed E-state index contributed by atoms with van der Waals surface area (Å²) < 4.78 is 18.5. The molecule has 6 nitrogen and oxygen atoms in total. The van der Waals surface area contributed by atoms with E-state index in [0.29, 0.717) is 18.3 Å². The highest BCUT2D eigenvalue weighted by molar-refractivity contribution is 5.78.